The van der Waals surface area contributed by atoms with E-state index in [9.17, 15) is 0 Å². The molecule has 0 atom stereocenters. The number of nitrogens with two attached hydrogens (primary N) is 1. The van der Waals surface area contributed by atoms with Crippen molar-refractivity contribution < 1.29 is 0 Å². The fraction of sp³-hybridized carbons (Fsp3) is 0.455. The van der Waals surface area contributed by atoms with E-state index in [2.05, 4.69) is 19.9 Å². The molecule has 1 rings (SSSR count). The number of aryl methyl sites for hydroxylation is 1. The predicted molar refractivity (Wildman–Crippen MR) is 58.3 cm³/mol. The maximum absolute atomic E-state index is 5.94. The first kappa shape index (κ1) is 10.6. The minimum absolute atomic E-state index is 0.0371. The third-order valence-corrected chi connectivity index (χ3v) is 2.87. The average Bonchev–Trinajstić information content (AvgIpc) is 2.09. The maximum atomic E-state index is 5.94. The van der Waals surface area contributed by atoms with E-state index >= 15 is 0 Å². The number of halogens is 1. The van der Waals surface area contributed by atoms with Gasteiger partial charge in [0, 0.05) is 17.0 Å². The molecule has 1 aromatic carbocycles. The van der Waals surface area contributed by atoms with Gasteiger partial charge >= 0.3 is 0 Å². The van der Waals surface area contributed by atoms with Gasteiger partial charge in [-0.15, -0.1) is 0 Å². The summed E-state index contributed by atoms with van der Waals surface area (Å²) in [5.41, 5.74) is 8.09. The fourth-order valence-electron chi connectivity index (χ4n) is 1.18. The molecule has 0 aliphatic carbocycles. The van der Waals surface area contributed by atoms with Crippen LogP contribution in [0.15, 0.2) is 18.2 Å². The van der Waals surface area contributed by atoms with E-state index in [0.717, 1.165) is 10.6 Å². The molecule has 2 N–H and O–H groups in total. The molecule has 0 spiro atoms. The summed E-state index contributed by atoms with van der Waals surface area (Å²) in [6.45, 7) is 6.93. The van der Waals surface area contributed by atoms with Gasteiger partial charge in [-0.1, -0.05) is 37.6 Å². The number of rotatable bonds is 2. The summed E-state index contributed by atoms with van der Waals surface area (Å²) in [7, 11) is 0. The van der Waals surface area contributed by atoms with Gasteiger partial charge in [0.25, 0.3) is 0 Å². The van der Waals surface area contributed by atoms with Crippen LogP contribution in [-0.2, 0) is 5.41 Å². The molecule has 0 aliphatic heterocycles. The molecule has 0 aliphatic rings. The van der Waals surface area contributed by atoms with Gasteiger partial charge in [-0.25, -0.2) is 0 Å². The summed E-state index contributed by atoms with van der Waals surface area (Å²) in [5.74, 6) is 0. The minimum atomic E-state index is 0.0371. The van der Waals surface area contributed by atoms with Crippen LogP contribution in [0.3, 0.4) is 0 Å². The summed E-state index contributed by atoms with van der Waals surface area (Å²) < 4.78 is 0. The van der Waals surface area contributed by atoms with Crippen molar-refractivity contribution in [3.05, 3.63) is 34.3 Å². The first-order valence-electron chi connectivity index (χ1n) is 4.44. The summed E-state index contributed by atoms with van der Waals surface area (Å²) >= 11 is 5.94. The van der Waals surface area contributed by atoms with Crippen LogP contribution in [0.1, 0.15) is 25.0 Å². The molecule has 13 heavy (non-hydrogen) atoms. The lowest BCUT2D eigenvalue weighted by atomic mass is 9.84. The second-order valence-corrected chi connectivity index (χ2v) is 4.46. The van der Waals surface area contributed by atoms with Crippen LogP contribution in [0.4, 0.5) is 0 Å². The second kappa shape index (κ2) is 3.69. The Morgan fingerprint density at radius 1 is 1.38 bits per heavy atom. The molecule has 1 nitrogen and oxygen atoms in total. The van der Waals surface area contributed by atoms with Gasteiger partial charge in [-0.3, -0.25) is 0 Å². The van der Waals surface area contributed by atoms with Crippen LogP contribution in [0, 0.1) is 6.92 Å². The first-order valence-corrected chi connectivity index (χ1v) is 4.82. The smallest absolute Gasteiger partial charge is 0.0435 e. The summed E-state index contributed by atoms with van der Waals surface area (Å²) in [4.78, 5) is 0. The zero-order valence-electron chi connectivity index (χ0n) is 8.39. The van der Waals surface area contributed by atoms with Crippen LogP contribution < -0.4 is 5.73 Å². The van der Waals surface area contributed by atoms with Crippen molar-refractivity contribution in [2.75, 3.05) is 6.54 Å². The molecule has 0 saturated heterocycles. The Morgan fingerprint density at radius 3 is 2.46 bits per heavy atom. The molecule has 0 bridgehead atoms. The van der Waals surface area contributed by atoms with E-state index in [0.29, 0.717) is 6.54 Å². The molecule has 0 unspecified atom stereocenters. The molecular weight excluding hydrogens is 182 g/mol. The van der Waals surface area contributed by atoms with E-state index in [1.807, 2.05) is 19.1 Å². The van der Waals surface area contributed by atoms with Gasteiger partial charge in [0.2, 0.25) is 0 Å². The van der Waals surface area contributed by atoms with Gasteiger partial charge in [0.05, 0.1) is 0 Å². The average molecular weight is 198 g/mol. The molecule has 0 radical (unpaired) electrons. The van der Waals surface area contributed by atoms with E-state index in [4.69, 9.17) is 17.3 Å². The van der Waals surface area contributed by atoms with Crippen LogP contribution in [0.5, 0.6) is 0 Å². The van der Waals surface area contributed by atoms with Gasteiger partial charge in [-0.05, 0) is 24.1 Å². The number of hydrogen-bond acceptors (Lipinski definition) is 1. The lowest BCUT2D eigenvalue weighted by Crippen LogP contribution is -2.28. The normalized spacial score (nSPS) is 11.8. The molecule has 0 fully saturated rings. The third kappa shape index (κ3) is 2.23. The second-order valence-electron chi connectivity index (χ2n) is 4.05. The van der Waals surface area contributed by atoms with Crippen molar-refractivity contribution >= 4 is 11.6 Å². The Balaban J connectivity index is 3.10. The molecule has 72 valence electrons. The van der Waals surface area contributed by atoms with Gasteiger partial charge in [0.1, 0.15) is 0 Å². The van der Waals surface area contributed by atoms with E-state index in [1.54, 1.807) is 0 Å². The SMILES string of the molecule is Cc1cc(C(C)(C)CN)ccc1Cl. The monoisotopic (exact) mass is 197 g/mol. The highest BCUT2D eigenvalue weighted by molar-refractivity contribution is 6.31. The molecule has 1 aromatic rings. The Hall–Kier alpha value is -0.530. The lowest BCUT2D eigenvalue weighted by molar-refractivity contribution is 0.539. The van der Waals surface area contributed by atoms with Crippen LogP contribution >= 0.6 is 11.6 Å². The highest BCUT2D eigenvalue weighted by atomic mass is 35.5. The van der Waals surface area contributed by atoms with Crippen molar-refractivity contribution in [2.45, 2.75) is 26.2 Å². The van der Waals surface area contributed by atoms with Crippen molar-refractivity contribution in [1.29, 1.82) is 0 Å². The van der Waals surface area contributed by atoms with Crippen molar-refractivity contribution in [1.82, 2.24) is 0 Å². The van der Waals surface area contributed by atoms with Crippen LogP contribution in [0.25, 0.3) is 0 Å². The molecule has 0 saturated carbocycles. The molecular formula is C11H16ClN. The summed E-state index contributed by atoms with van der Waals surface area (Å²) in [6, 6.07) is 6.08. The zero-order valence-corrected chi connectivity index (χ0v) is 9.15. The highest BCUT2D eigenvalue weighted by Gasteiger charge is 2.18. The minimum Gasteiger partial charge on any atom is -0.330 e. The van der Waals surface area contributed by atoms with Crippen molar-refractivity contribution in [2.24, 2.45) is 5.73 Å². The van der Waals surface area contributed by atoms with Crippen molar-refractivity contribution in [3.63, 3.8) is 0 Å². The standard InChI is InChI=1S/C11H16ClN/c1-8-6-9(4-5-10(8)12)11(2,3)7-13/h4-6H,7,13H2,1-3H3. The molecule has 2 heteroatoms. The quantitative estimate of drug-likeness (QED) is 0.776. The van der Waals surface area contributed by atoms with E-state index < -0.39 is 0 Å². The fourth-order valence-corrected chi connectivity index (χ4v) is 1.30. The van der Waals surface area contributed by atoms with Gasteiger partial charge in [0.15, 0.2) is 0 Å². The maximum Gasteiger partial charge on any atom is 0.0435 e. The Kier molecular flexibility index (Phi) is 2.99. The van der Waals surface area contributed by atoms with Crippen LogP contribution in [0.2, 0.25) is 5.02 Å². The molecule has 0 heterocycles. The topological polar surface area (TPSA) is 26.0 Å². The van der Waals surface area contributed by atoms with Gasteiger partial charge < -0.3 is 5.73 Å². The van der Waals surface area contributed by atoms with Crippen LogP contribution in [-0.4, -0.2) is 6.54 Å². The zero-order chi connectivity index (χ0) is 10.1. The largest absolute Gasteiger partial charge is 0.330 e. The number of benzene rings is 1. The highest BCUT2D eigenvalue weighted by Crippen LogP contribution is 2.25. The molecule has 0 aromatic heterocycles. The van der Waals surface area contributed by atoms with Crippen molar-refractivity contribution in [3.8, 4) is 0 Å². The van der Waals surface area contributed by atoms with E-state index in [1.165, 1.54) is 5.56 Å². The number of hydrogen-bond donors (Lipinski definition) is 1. The van der Waals surface area contributed by atoms with E-state index in [-0.39, 0.29) is 5.41 Å². The first-order chi connectivity index (χ1) is 5.97. The Labute approximate surface area is 84.9 Å². The van der Waals surface area contributed by atoms with Gasteiger partial charge in [-0.2, -0.15) is 0 Å². The summed E-state index contributed by atoms with van der Waals surface area (Å²) in [6.07, 6.45) is 0. The summed E-state index contributed by atoms with van der Waals surface area (Å²) in [5, 5.41) is 0.816. The predicted octanol–water partition coefficient (Wildman–Crippen LogP) is 2.88. The third-order valence-electron chi connectivity index (χ3n) is 2.45. The lowest BCUT2D eigenvalue weighted by Gasteiger charge is -2.23. The molecule has 0 amide bonds. The Morgan fingerprint density at radius 2 is 2.00 bits per heavy atom. The Bertz CT molecular complexity index is 305.